The van der Waals surface area contributed by atoms with Gasteiger partial charge in [0.2, 0.25) is 0 Å². The number of sulfonamides is 1. The van der Waals surface area contributed by atoms with Gasteiger partial charge >= 0.3 is 0 Å². The quantitative estimate of drug-likeness (QED) is 0.807. The third kappa shape index (κ3) is 3.68. The molecule has 4 nitrogen and oxygen atoms in total. The van der Waals surface area contributed by atoms with Gasteiger partial charge in [0.1, 0.15) is 0 Å². The summed E-state index contributed by atoms with van der Waals surface area (Å²) in [5, 5.41) is 0.127. The van der Waals surface area contributed by atoms with Crippen LogP contribution in [0, 0.1) is 0 Å². The van der Waals surface area contributed by atoms with E-state index in [1.54, 1.807) is 16.4 Å². The van der Waals surface area contributed by atoms with Gasteiger partial charge in [-0.1, -0.05) is 25.3 Å². The van der Waals surface area contributed by atoms with E-state index in [0.717, 1.165) is 31.2 Å². The van der Waals surface area contributed by atoms with Gasteiger partial charge in [-0.15, -0.1) is 11.6 Å². The van der Waals surface area contributed by atoms with Crippen molar-refractivity contribution in [2.75, 3.05) is 13.1 Å². The maximum atomic E-state index is 12.5. The van der Waals surface area contributed by atoms with Crippen LogP contribution in [0.25, 0.3) is 0 Å². The lowest BCUT2D eigenvalue weighted by Crippen LogP contribution is -2.34. The zero-order valence-electron chi connectivity index (χ0n) is 10.9. The molecule has 106 valence electrons. The summed E-state index contributed by atoms with van der Waals surface area (Å²) in [6.07, 6.45) is 6.80. The molecule has 0 atom stereocenters. The van der Waals surface area contributed by atoms with E-state index in [0.29, 0.717) is 19.0 Å². The summed E-state index contributed by atoms with van der Waals surface area (Å²) in [5.74, 6) is 0.344. The minimum absolute atomic E-state index is 0.127. The first-order chi connectivity index (χ1) is 9.14. The van der Waals surface area contributed by atoms with Crippen LogP contribution in [0.15, 0.2) is 23.4 Å². The Bertz CT molecular complexity index is 494. The second-order valence-corrected chi connectivity index (χ2v) is 6.96. The van der Waals surface area contributed by atoms with Gasteiger partial charge in [0, 0.05) is 25.2 Å². The topological polar surface area (TPSA) is 50.3 Å². The molecule has 0 bridgehead atoms. The summed E-state index contributed by atoms with van der Waals surface area (Å²) in [6.45, 7) is 1.20. The van der Waals surface area contributed by atoms with Gasteiger partial charge in [-0.25, -0.2) is 13.4 Å². The first-order valence-corrected chi connectivity index (χ1v) is 8.63. The molecule has 1 aromatic heterocycles. The fourth-order valence-electron chi connectivity index (χ4n) is 2.23. The van der Waals surface area contributed by atoms with Crippen molar-refractivity contribution in [1.82, 2.24) is 9.29 Å². The normalized spacial score (nSPS) is 18.8. The number of hydrogen-bond donors (Lipinski definition) is 0. The number of rotatable bonds is 3. The SMILES string of the molecule is O=S(=O)(c1ccc(CCl)cn1)N1CCCCCCC1. The number of aromatic nitrogens is 1. The monoisotopic (exact) mass is 302 g/mol. The Kier molecular flexibility index (Phi) is 5.19. The van der Waals surface area contributed by atoms with Gasteiger partial charge in [-0.05, 0) is 24.5 Å². The Morgan fingerprint density at radius 2 is 1.74 bits per heavy atom. The number of halogens is 1. The van der Waals surface area contributed by atoms with Crippen LogP contribution in [-0.4, -0.2) is 30.8 Å². The van der Waals surface area contributed by atoms with Crippen molar-refractivity contribution in [3.05, 3.63) is 23.9 Å². The van der Waals surface area contributed by atoms with Gasteiger partial charge < -0.3 is 0 Å². The minimum atomic E-state index is -3.45. The molecule has 2 heterocycles. The van der Waals surface area contributed by atoms with Crippen molar-refractivity contribution in [2.45, 2.75) is 43.0 Å². The lowest BCUT2D eigenvalue weighted by Gasteiger charge is -2.23. The van der Waals surface area contributed by atoms with Gasteiger partial charge in [-0.3, -0.25) is 0 Å². The molecule has 0 aliphatic carbocycles. The minimum Gasteiger partial charge on any atom is -0.243 e. The van der Waals surface area contributed by atoms with Crippen molar-refractivity contribution in [1.29, 1.82) is 0 Å². The van der Waals surface area contributed by atoms with Crippen LogP contribution in [0.1, 0.15) is 37.7 Å². The highest BCUT2D eigenvalue weighted by Crippen LogP contribution is 2.19. The van der Waals surface area contributed by atoms with Crippen molar-refractivity contribution in [3.63, 3.8) is 0 Å². The molecule has 0 unspecified atom stereocenters. The van der Waals surface area contributed by atoms with Crippen LogP contribution < -0.4 is 0 Å². The molecule has 0 radical (unpaired) electrons. The summed E-state index contributed by atoms with van der Waals surface area (Å²) in [4.78, 5) is 4.04. The predicted octanol–water partition coefficient (Wildman–Crippen LogP) is 2.78. The molecule has 1 fully saturated rings. The van der Waals surface area contributed by atoms with Gasteiger partial charge in [0.25, 0.3) is 10.0 Å². The highest BCUT2D eigenvalue weighted by Gasteiger charge is 2.25. The molecule has 1 aromatic rings. The van der Waals surface area contributed by atoms with Gasteiger partial charge in [0.15, 0.2) is 5.03 Å². The van der Waals surface area contributed by atoms with E-state index in [2.05, 4.69) is 4.98 Å². The number of pyridine rings is 1. The predicted molar refractivity (Wildman–Crippen MR) is 75.6 cm³/mol. The second kappa shape index (κ2) is 6.68. The number of nitrogens with zero attached hydrogens (tertiary/aromatic N) is 2. The van der Waals surface area contributed by atoms with E-state index in [1.807, 2.05) is 0 Å². The summed E-state index contributed by atoms with van der Waals surface area (Å²) in [6, 6.07) is 3.27. The molecule has 0 N–H and O–H groups in total. The van der Waals surface area contributed by atoms with Crippen molar-refractivity contribution in [2.24, 2.45) is 0 Å². The molecule has 6 heteroatoms. The second-order valence-electron chi connectivity index (χ2n) is 4.81. The number of alkyl halides is 1. The third-order valence-corrected chi connectivity index (χ3v) is 5.49. The van der Waals surface area contributed by atoms with Gasteiger partial charge in [-0.2, -0.15) is 4.31 Å². The van der Waals surface area contributed by atoms with Crippen LogP contribution >= 0.6 is 11.6 Å². The Morgan fingerprint density at radius 1 is 1.11 bits per heavy atom. The van der Waals surface area contributed by atoms with Crippen LogP contribution in [0.2, 0.25) is 0 Å². The van der Waals surface area contributed by atoms with E-state index in [4.69, 9.17) is 11.6 Å². The molecule has 0 spiro atoms. The molecule has 0 amide bonds. The van der Waals surface area contributed by atoms with Crippen molar-refractivity contribution in [3.8, 4) is 0 Å². The van der Waals surface area contributed by atoms with E-state index in [1.165, 1.54) is 12.6 Å². The molecule has 19 heavy (non-hydrogen) atoms. The molecular formula is C13H19ClN2O2S. The van der Waals surface area contributed by atoms with Crippen molar-refractivity contribution < 1.29 is 8.42 Å². The van der Waals surface area contributed by atoms with Crippen LogP contribution in [-0.2, 0) is 15.9 Å². The van der Waals surface area contributed by atoms with E-state index in [-0.39, 0.29) is 5.03 Å². The van der Waals surface area contributed by atoms with Crippen LogP contribution in [0.5, 0.6) is 0 Å². The molecular weight excluding hydrogens is 284 g/mol. The molecule has 1 saturated heterocycles. The third-order valence-electron chi connectivity index (χ3n) is 3.37. The Balaban J connectivity index is 2.18. The Morgan fingerprint density at radius 3 is 2.26 bits per heavy atom. The van der Waals surface area contributed by atoms with E-state index < -0.39 is 10.0 Å². The summed E-state index contributed by atoms with van der Waals surface area (Å²) >= 11 is 5.68. The maximum absolute atomic E-state index is 12.5. The highest BCUT2D eigenvalue weighted by atomic mass is 35.5. The molecule has 0 saturated carbocycles. The fourth-order valence-corrected chi connectivity index (χ4v) is 3.82. The van der Waals surface area contributed by atoms with Crippen LogP contribution in [0.3, 0.4) is 0 Å². The summed E-state index contributed by atoms with van der Waals surface area (Å²) in [7, 11) is -3.45. The first kappa shape index (κ1) is 14.8. The average molecular weight is 303 g/mol. The van der Waals surface area contributed by atoms with E-state index >= 15 is 0 Å². The van der Waals surface area contributed by atoms with Crippen LogP contribution in [0.4, 0.5) is 0 Å². The Labute approximate surface area is 119 Å². The lowest BCUT2D eigenvalue weighted by atomic mass is 10.1. The lowest BCUT2D eigenvalue weighted by molar-refractivity contribution is 0.363. The summed E-state index contributed by atoms with van der Waals surface area (Å²) < 4.78 is 26.5. The van der Waals surface area contributed by atoms with E-state index in [9.17, 15) is 8.42 Å². The zero-order chi connectivity index (χ0) is 13.7. The average Bonchev–Trinajstić information content (AvgIpc) is 2.38. The van der Waals surface area contributed by atoms with Crippen molar-refractivity contribution >= 4 is 21.6 Å². The standard InChI is InChI=1S/C13H19ClN2O2S/c14-10-12-6-7-13(15-11-12)19(17,18)16-8-4-2-1-3-5-9-16/h6-7,11H,1-5,8-10H2. The smallest absolute Gasteiger partial charge is 0.243 e. The number of hydrogen-bond acceptors (Lipinski definition) is 3. The maximum Gasteiger partial charge on any atom is 0.260 e. The largest absolute Gasteiger partial charge is 0.260 e. The summed E-state index contributed by atoms with van der Waals surface area (Å²) in [5.41, 5.74) is 0.827. The molecule has 2 rings (SSSR count). The molecule has 0 aromatic carbocycles. The molecule has 1 aliphatic heterocycles. The Hall–Kier alpha value is -0.650. The zero-order valence-corrected chi connectivity index (χ0v) is 12.5. The first-order valence-electron chi connectivity index (χ1n) is 6.65. The highest BCUT2D eigenvalue weighted by molar-refractivity contribution is 7.89. The van der Waals surface area contributed by atoms with Gasteiger partial charge in [0.05, 0.1) is 0 Å². The molecule has 1 aliphatic rings. The fraction of sp³-hybridized carbons (Fsp3) is 0.615.